The van der Waals surface area contributed by atoms with Crippen LogP contribution in [-0.2, 0) is 0 Å². The van der Waals surface area contributed by atoms with Crippen LogP contribution in [0.3, 0.4) is 0 Å². The summed E-state index contributed by atoms with van der Waals surface area (Å²) in [5.74, 6) is 0. The smallest absolute Gasteiger partial charge is 0.178 e. The SMILES string of the molecule is c1ccc(-c2ccc(-n3c4ccc(-c5ccc6c(c5)c5ccccc5n6-c5c6ccccc6nc6c5oc5ccccc56)cc4c4c5ccccc5ccc43)cc2)cc1. The number of aromatic nitrogens is 3. The molecule has 13 rings (SSSR count). The fraction of sp³-hybridized carbons (Fsp3) is 0. The minimum atomic E-state index is 0.792. The van der Waals surface area contributed by atoms with Crippen LogP contribution in [0.25, 0.3) is 121 Å². The Morgan fingerprint density at radius 2 is 0.966 bits per heavy atom. The molecule has 0 amide bonds. The molecule has 4 nitrogen and oxygen atoms in total. The van der Waals surface area contributed by atoms with Crippen molar-refractivity contribution in [2.24, 2.45) is 0 Å². The van der Waals surface area contributed by atoms with Gasteiger partial charge in [0.05, 0.1) is 27.6 Å². The van der Waals surface area contributed by atoms with Gasteiger partial charge >= 0.3 is 0 Å². The molecule has 0 aliphatic rings. The van der Waals surface area contributed by atoms with Crippen LogP contribution >= 0.6 is 0 Å². The van der Waals surface area contributed by atoms with Gasteiger partial charge in [0.2, 0.25) is 0 Å². The topological polar surface area (TPSA) is 35.9 Å². The molecule has 59 heavy (non-hydrogen) atoms. The molecule has 274 valence electrons. The number of fused-ring (bicyclic) bond motifs is 12. The van der Waals surface area contributed by atoms with E-state index in [1.165, 1.54) is 65.6 Å². The predicted molar refractivity (Wildman–Crippen MR) is 246 cm³/mol. The average molecular weight is 752 g/mol. The van der Waals surface area contributed by atoms with Gasteiger partial charge in [0.15, 0.2) is 5.58 Å². The number of rotatable bonds is 4. The zero-order valence-electron chi connectivity index (χ0n) is 31.8. The zero-order valence-corrected chi connectivity index (χ0v) is 31.8. The Labute approximate surface area is 338 Å². The lowest BCUT2D eigenvalue weighted by Gasteiger charge is -2.12. The van der Waals surface area contributed by atoms with Crippen LogP contribution < -0.4 is 0 Å². The van der Waals surface area contributed by atoms with Crippen LogP contribution in [0.5, 0.6) is 0 Å². The molecule has 0 aliphatic heterocycles. The van der Waals surface area contributed by atoms with E-state index < -0.39 is 0 Å². The van der Waals surface area contributed by atoms with E-state index in [0.717, 1.165) is 55.4 Å². The minimum absolute atomic E-state index is 0.792. The highest BCUT2D eigenvalue weighted by atomic mass is 16.3. The summed E-state index contributed by atoms with van der Waals surface area (Å²) >= 11 is 0. The third kappa shape index (κ3) is 4.69. The highest BCUT2D eigenvalue weighted by Gasteiger charge is 2.22. The third-order valence-corrected chi connectivity index (χ3v) is 12.3. The second-order valence-electron chi connectivity index (χ2n) is 15.5. The van der Waals surface area contributed by atoms with Crippen molar-refractivity contribution in [2.45, 2.75) is 0 Å². The number of pyridine rings is 1. The molecule has 0 saturated heterocycles. The summed E-state index contributed by atoms with van der Waals surface area (Å²) in [7, 11) is 0. The lowest BCUT2D eigenvalue weighted by atomic mass is 9.99. The summed E-state index contributed by atoms with van der Waals surface area (Å²) in [4.78, 5) is 5.14. The Bertz CT molecular complexity index is 3830. The second-order valence-corrected chi connectivity index (χ2v) is 15.5. The van der Waals surface area contributed by atoms with E-state index >= 15 is 0 Å². The number of benzene rings is 9. The average Bonchev–Trinajstić information content (AvgIpc) is 3.96. The number of hydrogen-bond acceptors (Lipinski definition) is 2. The van der Waals surface area contributed by atoms with E-state index in [9.17, 15) is 0 Å². The van der Waals surface area contributed by atoms with Crippen molar-refractivity contribution in [1.82, 2.24) is 14.1 Å². The highest BCUT2D eigenvalue weighted by molar-refractivity contribution is 6.22. The number of furan rings is 1. The maximum absolute atomic E-state index is 6.69. The van der Waals surface area contributed by atoms with E-state index in [1.54, 1.807) is 0 Å². The quantitative estimate of drug-likeness (QED) is 0.180. The van der Waals surface area contributed by atoms with Crippen LogP contribution in [0.1, 0.15) is 0 Å². The van der Waals surface area contributed by atoms with Gasteiger partial charge in [-0.05, 0) is 99.8 Å². The van der Waals surface area contributed by atoms with Crippen LogP contribution in [0.15, 0.2) is 205 Å². The second kappa shape index (κ2) is 12.3. The van der Waals surface area contributed by atoms with Crippen molar-refractivity contribution < 1.29 is 4.42 Å². The van der Waals surface area contributed by atoms with E-state index in [-0.39, 0.29) is 0 Å². The molecular weight excluding hydrogens is 719 g/mol. The lowest BCUT2D eigenvalue weighted by Crippen LogP contribution is -1.97. The lowest BCUT2D eigenvalue weighted by molar-refractivity contribution is 0.666. The van der Waals surface area contributed by atoms with E-state index in [0.29, 0.717) is 0 Å². The predicted octanol–water partition coefficient (Wildman–Crippen LogP) is 14.8. The monoisotopic (exact) mass is 751 g/mol. The Hall–Kier alpha value is -7.95. The van der Waals surface area contributed by atoms with Crippen molar-refractivity contribution >= 4 is 87.4 Å². The van der Waals surface area contributed by atoms with Crippen molar-refractivity contribution in [3.63, 3.8) is 0 Å². The van der Waals surface area contributed by atoms with E-state index in [2.05, 4.69) is 197 Å². The first-order valence-electron chi connectivity index (χ1n) is 20.1. The van der Waals surface area contributed by atoms with Crippen LogP contribution in [0.2, 0.25) is 0 Å². The maximum Gasteiger partial charge on any atom is 0.178 e. The van der Waals surface area contributed by atoms with Gasteiger partial charge in [-0.15, -0.1) is 0 Å². The molecule has 0 fully saturated rings. The van der Waals surface area contributed by atoms with E-state index in [1.807, 2.05) is 12.1 Å². The first kappa shape index (κ1) is 32.2. The Balaban J connectivity index is 1.04. The summed E-state index contributed by atoms with van der Waals surface area (Å²) in [5.41, 5.74) is 15.0. The highest BCUT2D eigenvalue weighted by Crippen LogP contribution is 2.43. The summed E-state index contributed by atoms with van der Waals surface area (Å²) in [6.45, 7) is 0. The molecule has 0 unspecified atom stereocenters. The summed E-state index contributed by atoms with van der Waals surface area (Å²) < 4.78 is 11.5. The summed E-state index contributed by atoms with van der Waals surface area (Å²) in [6, 6.07) is 72.1. The fourth-order valence-corrected chi connectivity index (χ4v) is 9.61. The molecule has 4 aromatic heterocycles. The van der Waals surface area contributed by atoms with Crippen molar-refractivity contribution in [2.75, 3.05) is 0 Å². The molecule has 0 radical (unpaired) electrons. The van der Waals surface area contributed by atoms with Gasteiger partial charge in [-0.3, -0.25) is 0 Å². The maximum atomic E-state index is 6.69. The Kier molecular flexibility index (Phi) is 6.69. The number of para-hydroxylation sites is 3. The first-order chi connectivity index (χ1) is 29.3. The standard InChI is InChI=1S/C55H33N3O/c1-2-12-34(13-3-1)35-22-27-39(28-23-35)57-49-30-26-38(33-45(49)52-40-15-5-4-14-36(40)24-31-50(52)57)37-25-29-48-44(32-37)41-16-7-10-20-47(41)58(48)54-42-17-6-9-19-46(42)56-53-43-18-8-11-21-51(43)59-55(53)54/h1-33H. The molecule has 0 atom stereocenters. The Morgan fingerprint density at radius 1 is 0.373 bits per heavy atom. The molecule has 0 spiro atoms. The first-order valence-corrected chi connectivity index (χ1v) is 20.1. The Morgan fingerprint density at radius 3 is 1.80 bits per heavy atom. The molecule has 0 saturated carbocycles. The molecular formula is C55H33N3O. The minimum Gasteiger partial charge on any atom is -0.452 e. The van der Waals surface area contributed by atoms with Gasteiger partial charge in [0.25, 0.3) is 0 Å². The summed E-state index contributed by atoms with van der Waals surface area (Å²) in [6.07, 6.45) is 0. The number of hydrogen-bond donors (Lipinski definition) is 0. The molecule has 4 heteroatoms. The van der Waals surface area contributed by atoms with Gasteiger partial charge in [0.1, 0.15) is 16.8 Å². The molecule has 9 aromatic carbocycles. The van der Waals surface area contributed by atoms with Crippen LogP contribution in [0.4, 0.5) is 0 Å². The van der Waals surface area contributed by atoms with Crippen molar-refractivity contribution in [3.8, 4) is 33.6 Å². The fourth-order valence-electron chi connectivity index (χ4n) is 9.61. The van der Waals surface area contributed by atoms with Crippen LogP contribution in [0, 0.1) is 0 Å². The molecule has 0 bridgehead atoms. The largest absolute Gasteiger partial charge is 0.452 e. The molecule has 4 heterocycles. The van der Waals surface area contributed by atoms with Gasteiger partial charge in [0, 0.05) is 38.0 Å². The normalized spacial score (nSPS) is 12.1. The molecule has 0 aliphatic carbocycles. The number of nitrogens with zero attached hydrogens (tertiary/aromatic N) is 3. The zero-order chi connectivity index (χ0) is 38.6. The van der Waals surface area contributed by atoms with Crippen molar-refractivity contribution in [3.05, 3.63) is 200 Å². The summed E-state index contributed by atoms with van der Waals surface area (Å²) in [5, 5.41) is 9.45. The van der Waals surface area contributed by atoms with Gasteiger partial charge in [-0.1, -0.05) is 133 Å². The van der Waals surface area contributed by atoms with Gasteiger partial charge < -0.3 is 13.6 Å². The third-order valence-electron chi connectivity index (χ3n) is 12.3. The van der Waals surface area contributed by atoms with Gasteiger partial charge in [-0.2, -0.15) is 0 Å². The molecule has 0 N–H and O–H groups in total. The van der Waals surface area contributed by atoms with Crippen LogP contribution in [-0.4, -0.2) is 14.1 Å². The van der Waals surface area contributed by atoms with E-state index in [4.69, 9.17) is 9.40 Å². The van der Waals surface area contributed by atoms with Crippen molar-refractivity contribution in [1.29, 1.82) is 0 Å². The van der Waals surface area contributed by atoms with Gasteiger partial charge in [-0.25, -0.2) is 4.98 Å². The molecule has 13 aromatic rings.